The molecule has 20 nitrogen and oxygen atoms in total. The number of carbonyl (C=O) groups is 10. The van der Waals surface area contributed by atoms with Crippen molar-refractivity contribution in [1.29, 1.82) is 0 Å². The summed E-state index contributed by atoms with van der Waals surface area (Å²) >= 11 is 0. The van der Waals surface area contributed by atoms with Crippen LogP contribution >= 0.6 is 0 Å². The van der Waals surface area contributed by atoms with Crippen LogP contribution in [0.2, 0.25) is 0 Å². The first-order valence-corrected chi connectivity index (χ1v) is 26.2. The Morgan fingerprint density at radius 2 is 1.40 bits per heavy atom. The number of imide groups is 1. The lowest BCUT2D eigenvalue weighted by Gasteiger charge is -2.41. The van der Waals surface area contributed by atoms with Gasteiger partial charge in [0.1, 0.15) is 36.9 Å². The highest BCUT2D eigenvalue weighted by Gasteiger charge is 2.39. The van der Waals surface area contributed by atoms with Crippen molar-refractivity contribution in [3.05, 3.63) is 132 Å². The third-order valence-electron chi connectivity index (χ3n) is 13.2. The number of Topliss-reactive ketones (excluding diaryl/α,β-unsaturated/α-hetero) is 2. The molecule has 4 aromatic rings. The summed E-state index contributed by atoms with van der Waals surface area (Å²) in [7, 11) is 0. The molecule has 0 radical (unpaired) electrons. The zero-order valence-electron chi connectivity index (χ0n) is 45.7. The Morgan fingerprint density at radius 1 is 0.775 bits per heavy atom. The van der Waals surface area contributed by atoms with Crippen molar-refractivity contribution in [2.45, 2.75) is 111 Å². The monoisotopic (exact) mass is 1110 g/mol. The number of aliphatic hydroxyl groups is 1. The summed E-state index contributed by atoms with van der Waals surface area (Å²) in [6, 6.07) is 17.3. The van der Waals surface area contributed by atoms with E-state index in [1.54, 1.807) is 61.0 Å². The zero-order chi connectivity index (χ0) is 58.8. The molecular formula is C58H70F2N8O12. The lowest BCUT2D eigenvalue weighted by Crippen LogP contribution is -2.56. The van der Waals surface area contributed by atoms with Crippen LogP contribution in [0.4, 0.5) is 13.6 Å². The molecule has 7 N–H and O–H groups in total. The summed E-state index contributed by atoms with van der Waals surface area (Å²) in [4.78, 5) is 134. The lowest BCUT2D eigenvalue weighted by molar-refractivity contribution is -0.141. The van der Waals surface area contributed by atoms with Crippen molar-refractivity contribution in [3.8, 4) is 11.1 Å². The van der Waals surface area contributed by atoms with Crippen LogP contribution in [0.1, 0.15) is 96.5 Å². The first-order chi connectivity index (χ1) is 37.9. The Labute approximate surface area is 462 Å². The molecule has 0 spiro atoms. The van der Waals surface area contributed by atoms with E-state index in [0.717, 1.165) is 40.8 Å². The van der Waals surface area contributed by atoms with Gasteiger partial charge >= 0.3 is 6.09 Å². The number of nitrogens with zero attached hydrogens (tertiary/aromatic N) is 3. The van der Waals surface area contributed by atoms with Gasteiger partial charge < -0.3 is 46.3 Å². The highest BCUT2D eigenvalue weighted by Crippen LogP contribution is 2.41. The molecule has 0 aliphatic carbocycles. The largest absolute Gasteiger partial charge is 0.445 e. The second kappa shape index (κ2) is 29.0. The molecule has 0 saturated heterocycles. The van der Waals surface area contributed by atoms with Crippen molar-refractivity contribution in [1.82, 2.24) is 35.6 Å². The van der Waals surface area contributed by atoms with Crippen LogP contribution in [0.15, 0.2) is 103 Å². The third kappa shape index (κ3) is 18.1. The molecule has 1 aromatic heterocycles. The van der Waals surface area contributed by atoms with Gasteiger partial charge in [-0.25, -0.2) is 13.6 Å². The normalized spacial score (nSPS) is 14.2. The van der Waals surface area contributed by atoms with Gasteiger partial charge in [0.15, 0.2) is 11.6 Å². The summed E-state index contributed by atoms with van der Waals surface area (Å²) in [5.41, 5.74) is 6.83. The topological polar surface area (TPSA) is 286 Å². The minimum atomic E-state index is -1.72. The number of rotatable bonds is 29. The average Bonchev–Trinajstić information content (AvgIpc) is 4.11. The summed E-state index contributed by atoms with van der Waals surface area (Å²) in [6.07, 6.45) is 1.08. The summed E-state index contributed by atoms with van der Waals surface area (Å²) in [5.74, 6) is -9.95. The van der Waals surface area contributed by atoms with E-state index < -0.39 is 138 Å². The van der Waals surface area contributed by atoms with E-state index >= 15 is 4.39 Å². The number of amides is 8. The number of hydrogen-bond acceptors (Lipinski definition) is 12. The number of aliphatic hydroxyl groups excluding tert-OH is 1. The van der Waals surface area contributed by atoms with Gasteiger partial charge in [-0.15, -0.1) is 0 Å². The molecular weight excluding hydrogens is 1040 g/mol. The fraction of sp³-hybridized carbons (Fsp3) is 0.414. The number of ketones is 2. The van der Waals surface area contributed by atoms with Gasteiger partial charge in [0.25, 0.3) is 11.8 Å². The van der Waals surface area contributed by atoms with Gasteiger partial charge in [-0.2, -0.15) is 0 Å². The van der Waals surface area contributed by atoms with Crippen LogP contribution in [-0.2, 0) is 61.0 Å². The van der Waals surface area contributed by atoms with E-state index in [1.807, 2.05) is 51.1 Å². The molecule has 0 unspecified atom stereocenters. The van der Waals surface area contributed by atoms with E-state index in [-0.39, 0.29) is 56.6 Å². The van der Waals surface area contributed by atoms with Crippen LogP contribution < -0.4 is 27.0 Å². The van der Waals surface area contributed by atoms with Crippen LogP contribution in [0.25, 0.3) is 11.1 Å². The quantitative estimate of drug-likeness (QED) is 0.0322. The molecule has 428 valence electrons. The molecule has 0 saturated carbocycles. The van der Waals surface area contributed by atoms with Crippen LogP contribution in [0.5, 0.6) is 0 Å². The predicted octanol–water partition coefficient (Wildman–Crippen LogP) is 4.56. The molecule has 22 heteroatoms. The van der Waals surface area contributed by atoms with E-state index in [0.29, 0.717) is 11.3 Å². The maximum Gasteiger partial charge on any atom is 0.408 e. The molecule has 5 atom stereocenters. The maximum absolute atomic E-state index is 15.4. The highest BCUT2D eigenvalue weighted by molar-refractivity contribution is 6.14. The molecule has 3 aromatic carbocycles. The standard InChI is InChI=1S/C58H70F2N8O12/c1-35(2)52(65-57(79)80-34-38-16-11-8-12-17-38)47(71)26-36(3)54(76)64-45(29-48(61)72)56(78)63-44(55(77)62-24-13-18-41(70)32-68-49(73)21-22-50(68)74)23-25-67(51(75)33-69)53(58(4,5)6)46-27-39(42-28-40(59)19-20-43(42)60)31-66(46)30-37-14-9-7-10-15-37/h7-12,14-17,19-22,27-28,31,35-36,44-45,52-53,69H,13,18,23-26,29-30,32-34H2,1-6H3,(H2,61,72)(H,62,77)(H,63,78)(H,64,76)(H,65,79)/t36-,44+,45+,52+,53+/m1/s1. The Kier molecular flexibility index (Phi) is 22.6. The second-order valence-corrected chi connectivity index (χ2v) is 21.0. The van der Waals surface area contributed by atoms with E-state index in [2.05, 4.69) is 21.3 Å². The molecule has 5 rings (SSSR count). The minimum absolute atomic E-state index is 0.0157. The third-order valence-corrected chi connectivity index (χ3v) is 13.2. The van der Waals surface area contributed by atoms with Crippen molar-refractivity contribution >= 4 is 59.0 Å². The zero-order valence-corrected chi connectivity index (χ0v) is 45.7. The number of alkyl carbamates (subject to hydrolysis) is 1. The van der Waals surface area contributed by atoms with Crippen LogP contribution in [0, 0.1) is 28.9 Å². The number of benzene rings is 3. The van der Waals surface area contributed by atoms with Gasteiger partial charge in [0.2, 0.25) is 29.5 Å². The second-order valence-electron chi connectivity index (χ2n) is 21.0. The Bertz CT molecular complexity index is 2910. The Balaban J connectivity index is 1.41. The molecule has 8 amide bonds. The number of aromatic nitrogens is 1. The number of ether oxygens (including phenoxy) is 1. The molecule has 80 heavy (non-hydrogen) atoms. The van der Waals surface area contributed by atoms with E-state index in [4.69, 9.17) is 10.5 Å². The van der Waals surface area contributed by atoms with Crippen molar-refractivity contribution in [2.24, 2.45) is 23.0 Å². The fourth-order valence-electron chi connectivity index (χ4n) is 9.13. The molecule has 2 heterocycles. The number of nitrogens with one attached hydrogen (secondary N) is 4. The molecule has 0 fully saturated rings. The number of nitrogens with two attached hydrogens (primary N) is 1. The van der Waals surface area contributed by atoms with Crippen LogP contribution in [0.3, 0.4) is 0 Å². The first-order valence-electron chi connectivity index (χ1n) is 26.2. The number of primary amides is 1. The van der Waals surface area contributed by atoms with Crippen molar-refractivity contribution < 1.29 is 66.6 Å². The smallest absolute Gasteiger partial charge is 0.408 e. The van der Waals surface area contributed by atoms with Gasteiger partial charge in [0, 0.05) is 73.6 Å². The number of carbonyl (C=O) groups excluding carboxylic acids is 10. The van der Waals surface area contributed by atoms with E-state index in [9.17, 15) is 57.4 Å². The van der Waals surface area contributed by atoms with Gasteiger partial charge in [-0.05, 0) is 59.6 Å². The summed E-state index contributed by atoms with van der Waals surface area (Å²) in [6.45, 7) is 8.28. The fourth-order valence-corrected chi connectivity index (χ4v) is 9.13. The van der Waals surface area contributed by atoms with E-state index in [1.165, 1.54) is 11.8 Å². The SMILES string of the molecule is CC(C)[C@H](NC(=O)OCc1ccccc1)C(=O)C[C@@H](C)C(=O)N[C@@H](CC(N)=O)C(=O)N[C@@H](CCN(C(=O)CO)[C@@H](c1cc(-c2cc(F)ccc2F)cn1Cc1ccccc1)C(C)(C)C)C(=O)NCCCC(=O)CN1C(=O)C=CC1=O. The first kappa shape index (κ1) is 62.4. The maximum atomic E-state index is 15.4. The molecule has 1 aliphatic rings. The Morgan fingerprint density at radius 3 is 2.00 bits per heavy atom. The van der Waals surface area contributed by atoms with Crippen molar-refractivity contribution in [2.75, 3.05) is 26.2 Å². The van der Waals surface area contributed by atoms with Crippen LogP contribution in [-0.4, -0.2) is 123 Å². The summed E-state index contributed by atoms with van der Waals surface area (Å²) < 4.78 is 37.1. The molecule has 1 aliphatic heterocycles. The van der Waals surface area contributed by atoms with Gasteiger partial charge in [-0.3, -0.25) is 48.1 Å². The highest BCUT2D eigenvalue weighted by atomic mass is 19.1. The Hall–Kier alpha value is -8.40. The van der Waals surface area contributed by atoms with Crippen molar-refractivity contribution in [3.63, 3.8) is 0 Å². The van der Waals surface area contributed by atoms with Gasteiger partial charge in [0.05, 0.1) is 25.0 Å². The van der Waals surface area contributed by atoms with Gasteiger partial charge in [-0.1, -0.05) is 102 Å². The summed E-state index contributed by atoms with van der Waals surface area (Å²) in [5, 5.41) is 20.7. The molecule has 0 bridgehead atoms. The average molecular weight is 1110 g/mol. The minimum Gasteiger partial charge on any atom is -0.445 e. The number of halogens is 2. The predicted molar refractivity (Wildman–Crippen MR) is 289 cm³/mol. The lowest BCUT2D eigenvalue weighted by atomic mass is 9.82. The number of hydrogen-bond donors (Lipinski definition) is 6.